The number of hydrogen-bond donors (Lipinski definition) is 0. The van der Waals surface area contributed by atoms with E-state index < -0.39 is 0 Å². The van der Waals surface area contributed by atoms with E-state index in [0.29, 0.717) is 24.5 Å². The number of hydrogen-bond acceptors (Lipinski definition) is 3. The van der Waals surface area contributed by atoms with Gasteiger partial charge in [0.15, 0.2) is 0 Å². The van der Waals surface area contributed by atoms with Crippen molar-refractivity contribution in [3.8, 4) is 0 Å². The van der Waals surface area contributed by atoms with Gasteiger partial charge in [-0.2, -0.15) is 0 Å². The Morgan fingerprint density at radius 3 is 3.00 bits per heavy atom. The molecule has 1 aliphatic heterocycles. The number of aryl methyl sites for hydroxylation is 1. The first kappa shape index (κ1) is 14.3. The van der Waals surface area contributed by atoms with Gasteiger partial charge < -0.3 is 9.64 Å². The van der Waals surface area contributed by atoms with E-state index in [-0.39, 0.29) is 17.6 Å². The van der Waals surface area contributed by atoms with Gasteiger partial charge in [-0.15, -0.1) is 11.6 Å². The zero-order valence-electron chi connectivity index (χ0n) is 11.5. The Balaban J connectivity index is 2.21. The average Bonchev–Trinajstić information content (AvgIpc) is 2.36. The standard InChI is InChI=1S/C14H19ClN2O2/c1-10-12(5-4-6-16-10)13(18)17-8-11(7-15)19-14(2,3)9-17/h4-6,11H,7-9H2,1-3H3. The highest BCUT2D eigenvalue weighted by atomic mass is 35.5. The van der Waals surface area contributed by atoms with Gasteiger partial charge >= 0.3 is 0 Å². The van der Waals surface area contributed by atoms with Crippen LogP contribution in [0.15, 0.2) is 18.3 Å². The summed E-state index contributed by atoms with van der Waals surface area (Å²) in [7, 11) is 0. The number of amides is 1. The molecule has 1 amide bonds. The second kappa shape index (κ2) is 5.47. The molecule has 2 rings (SSSR count). The first-order valence-corrected chi connectivity index (χ1v) is 6.91. The molecule has 0 N–H and O–H groups in total. The van der Waals surface area contributed by atoms with Crippen LogP contribution in [0.25, 0.3) is 0 Å². The quantitative estimate of drug-likeness (QED) is 0.782. The van der Waals surface area contributed by atoms with Gasteiger partial charge in [-0.3, -0.25) is 9.78 Å². The highest BCUT2D eigenvalue weighted by molar-refractivity contribution is 6.18. The first-order valence-electron chi connectivity index (χ1n) is 6.37. The van der Waals surface area contributed by atoms with Crippen LogP contribution in [-0.2, 0) is 4.74 Å². The van der Waals surface area contributed by atoms with Crippen molar-refractivity contribution in [2.75, 3.05) is 19.0 Å². The number of nitrogens with zero attached hydrogens (tertiary/aromatic N) is 2. The van der Waals surface area contributed by atoms with Crippen molar-refractivity contribution >= 4 is 17.5 Å². The van der Waals surface area contributed by atoms with Crippen molar-refractivity contribution < 1.29 is 9.53 Å². The van der Waals surface area contributed by atoms with Crippen LogP contribution in [0.3, 0.4) is 0 Å². The molecule has 0 aromatic carbocycles. The van der Waals surface area contributed by atoms with Crippen LogP contribution in [-0.4, -0.2) is 46.5 Å². The number of carbonyl (C=O) groups excluding carboxylic acids is 1. The highest BCUT2D eigenvalue weighted by Crippen LogP contribution is 2.23. The van der Waals surface area contributed by atoms with Crippen LogP contribution < -0.4 is 0 Å². The fourth-order valence-electron chi connectivity index (χ4n) is 2.41. The molecule has 2 heterocycles. The third-order valence-electron chi connectivity index (χ3n) is 3.18. The molecule has 0 spiro atoms. The average molecular weight is 283 g/mol. The third-order valence-corrected chi connectivity index (χ3v) is 3.52. The van der Waals surface area contributed by atoms with Crippen LogP contribution in [0.5, 0.6) is 0 Å². The Morgan fingerprint density at radius 1 is 1.63 bits per heavy atom. The number of halogens is 1. The maximum absolute atomic E-state index is 12.6. The zero-order chi connectivity index (χ0) is 14.0. The monoisotopic (exact) mass is 282 g/mol. The van der Waals surface area contributed by atoms with Crippen LogP contribution in [0.1, 0.15) is 29.9 Å². The molecule has 0 saturated carbocycles. The smallest absolute Gasteiger partial charge is 0.255 e. The molecule has 1 aliphatic rings. The Bertz CT molecular complexity index is 476. The normalized spacial score (nSPS) is 22.3. The minimum absolute atomic E-state index is 0.00269. The van der Waals surface area contributed by atoms with Gasteiger partial charge in [0.25, 0.3) is 5.91 Å². The van der Waals surface area contributed by atoms with E-state index in [1.807, 2.05) is 26.8 Å². The number of ether oxygens (including phenoxy) is 1. The molecule has 1 saturated heterocycles. The van der Waals surface area contributed by atoms with Crippen LogP contribution in [0.4, 0.5) is 0 Å². The van der Waals surface area contributed by atoms with Crippen LogP contribution in [0.2, 0.25) is 0 Å². The minimum Gasteiger partial charge on any atom is -0.367 e. The van der Waals surface area contributed by atoms with Crippen molar-refractivity contribution in [1.82, 2.24) is 9.88 Å². The van der Waals surface area contributed by atoms with Gasteiger partial charge in [0.05, 0.1) is 23.1 Å². The molecule has 1 aromatic rings. The molecule has 0 radical (unpaired) electrons. The molecule has 0 aliphatic carbocycles. The van der Waals surface area contributed by atoms with E-state index in [0.717, 1.165) is 5.69 Å². The van der Waals surface area contributed by atoms with E-state index in [9.17, 15) is 4.79 Å². The van der Waals surface area contributed by atoms with E-state index in [2.05, 4.69) is 4.98 Å². The van der Waals surface area contributed by atoms with Crippen molar-refractivity contribution in [2.45, 2.75) is 32.5 Å². The van der Waals surface area contributed by atoms with E-state index in [4.69, 9.17) is 16.3 Å². The summed E-state index contributed by atoms with van der Waals surface area (Å²) < 4.78 is 5.83. The summed E-state index contributed by atoms with van der Waals surface area (Å²) in [5, 5.41) is 0. The summed E-state index contributed by atoms with van der Waals surface area (Å²) in [6.45, 7) is 6.88. The number of rotatable bonds is 2. The SMILES string of the molecule is Cc1ncccc1C(=O)N1CC(CCl)OC(C)(C)C1. The van der Waals surface area contributed by atoms with E-state index >= 15 is 0 Å². The lowest BCUT2D eigenvalue weighted by Crippen LogP contribution is -2.55. The lowest BCUT2D eigenvalue weighted by Gasteiger charge is -2.42. The van der Waals surface area contributed by atoms with Crippen molar-refractivity contribution in [2.24, 2.45) is 0 Å². The zero-order valence-corrected chi connectivity index (χ0v) is 12.3. The Kier molecular flexibility index (Phi) is 4.11. The molecule has 104 valence electrons. The fourth-order valence-corrected chi connectivity index (χ4v) is 2.57. The number of morpholine rings is 1. The van der Waals surface area contributed by atoms with Gasteiger partial charge in [-0.25, -0.2) is 0 Å². The molecular formula is C14H19ClN2O2. The first-order chi connectivity index (χ1) is 8.93. The van der Waals surface area contributed by atoms with Crippen molar-refractivity contribution in [1.29, 1.82) is 0 Å². The van der Waals surface area contributed by atoms with Gasteiger partial charge in [0, 0.05) is 25.0 Å². The van der Waals surface area contributed by atoms with Gasteiger partial charge in [0.2, 0.25) is 0 Å². The largest absolute Gasteiger partial charge is 0.367 e. The van der Waals surface area contributed by atoms with Gasteiger partial charge in [-0.05, 0) is 32.9 Å². The van der Waals surface area contributed by atoms with Gasteiger partial charge in [-0.1, -0.05) is 0 Å². The van der Waals surface area contributed by atoms with E-state index in [1.165, 1.54) is 0 Å². The Hall–Kier alpha value is -1.13. The predicted molar refractivity (Wildman–Crippen MR) is 74.5 cm³/mol. The Labute approximate surface area is 118 Å². The molecule has 5 heteroatoms. The lowest BCUT2D eigenvalue weighted by atomic mass is 10.0. The summed E-state index contributed by atoms with van der Waals surface area (Å²) >= 11 is 5.88. The lowest BCUT2D eigenvalue weighted by molar-refractivity contribution is -0.117. The topological polar surface area (TPSA) is 42.4 Å². The summed E-state index contributed by atoms with van der Waals surface area (Å²) in [6, 6.07) is 3.59. The molecule has 4 nitrogen and oxygen atoms in total. The molecular weight excluding hydrogens is 264 g/mol. The third kappa shape index (κ3) is 3.25. The second-order valence-electron chi connectivity index (χ2n) is 5.48. The number of carbonyl (C=O) groups is 1. The Morgan fingerprint density at radius 2 is 2.37 bits per heavy atom. The number of pyridine rings is 1. The molecule has 0 bridgehead atoms. The fraction of sp³-hybridized carbons (Fsp3) is 0.571. The molecule has 1 fully saturated rings. The summed E-state index contributed by atoms with van der Waals surface area (Å²) in [4.78, 5) is 18.5. The number of alkyl halides is 1. The summed E-state index contributed by atoms with van der Waals surface area (Å²) in [5.74, 6) is 0.385. The van der Waals surface area contributed by atoms with Crippen LogP contribution >= 0.6 is 11.6 Å². The molecule has 1 unspecified atom stereocenters. The van der Waals surface area contributed by atoms with Crippen LogP contribution in [0, 0.1) is 6.92 Å². The molecule has 1 aromatic heterocycles. The summed E-state index contributed by atoms with van der Waals surface area (Å²) in [5.41, 5.74) is 1.02. The molecule has 1 atom stereocenters. The van der Waals surface area contributed by atoms with Gasteiger partial charge in [0.1, 0.15) is 0 Å². The maximum Gasteiger partial charge on any atom is 0.255 e. The predicted octanol–water partition coefficient (Wildman–Crippen LogP) is 2.25. The second-order valence-corrected chi connectivity index (χ2v) is 5.78. The molecule has 19 heavy (non-hydrogen) atoms. The van der Waals surface area contributed by atoms with Crippen molar-refractivity contribution in [3.63, 3.8) is 0 Å². The summed E-state index contributed by atoms with van der Waals surface area (Å²) in [6.07, 6.45) is 1.57. The van der Waals surface area contributed by atoms with Crippen molar-refractivity contribution in [3.05, 3.63) is 29.6 Å². The highest BCUT2D eigenvalue weighted by Gasteiger charge is 2.35. The maximum atomic E-state index is 12.6. The minimum atomic E-state index is -0.371. The van der Waals surface area contributed by atoms with E-state index in [1.54, 1.807) is 17.2 Å². The number of aromatic nitrogens is 1.